The number of sulfonamides is 1. The summed E-state index contributed by atoms with van der Waals surface area (Å²) in [6.45, 7) is -0.303. The maximum absolute atomic E-state index is 12.8. The van der Waals surface area contributed by atoms with Crippen LogP contribution < -0.4 is 4.72 Å². The minimum absolute atomic E-state index is 0.132. The summed E-state index contributed by atoms with van der Waals surface area (Å²) in [7, 11) is -4.13. The maximum atomic E-state index is 12.8. The third-order valence-electron chi connectivity index (χ3n) is 5.09. The summed E-state index contributed by atoms with van der Waals surface area (Å²) in [4.78, 5) is 8.52. The van der Waals surface area contributed by atoms with Gasteiger partial charge in [-0.3, -0.25) is 0 Å². The smallest absolute Gasteiger partial charge is 0.239 e. The van der Waals surface area contributed by atoms with Crippen molar-refractivity contribution in [2.75, 3.05) is 0 Å². The molecule has 0 atom stereocenters. The highest BCUT2D eigenvalue weighted by Crippen LogP contribution is 2.36. The van der Waals surface area contributed by atoms with Gasteiger partial charge in [0.25, 0.3) is 0 Å². The summed E-state index contributed by atoms with van der Waals surface area (Å²) in [6.07, 6.45) is -3.02. The molecule has 0 spiro atoms. The number of aromatic nitrogens is 2. The number of benzene rings is 3. The van der Waals surface area contributed by atoms with E-state index in [0.717, 1.165) is 22.2 Å². The normalized spacial score (nSPS) is 12.1. The summed E-state index contributed by atoms with van der Waals surface area (Å²) in [6, 6.07) is 15.6. The monoisotopic (exact) mass is 615 g/mol. The summed E-state index contributed by atoms with van der Waals surface area (Å²) < 4.78 is 66.9. The van der Waals surface area contributed by atoms with Crippen LogP contribution in [0.15, 0.2) is 82.3 Å². The molecular weight excluding hydrogens is 602 g/mol. The Morgan fingerprint density at radius 2 is 1.58 bits per heavy atom. The Morgan fingerprint density at radius 1 is 0.917 bits per heavy atom. The summed E-state index contributed by atoms with van der Waals surface area (Å²) in [5.74, 6) is 0.132. The Kier molecular flexibility index (Phi) is 7.72. The van der Waals surface area contributed by atoms with E-state index in [1.807, 2.05) is 24.3 Å². The fourth-order valence-corrected chi connectivity index (χ4v) is 5.04. The van der Waals surface area contributed by atoms with E-state index in [1.165, 1.54) is 0 Å². The van der Waals surface area contributed by atoms with Gasteiger partial charge < -0.3 is 0 Å². The molecule has 0 aliphatic carbocycles. The highest BCUT2D eigenvalue weighted by molar-refractivity contribution is 9.10. The summed E-state index contributed by atoms with van der Waals surface area (Å²) in [5, 5.41) is 0.781. The fourth-order valence-electron chi connectivity index (χ4n) is 3.30. The molecule has 4 rings (SSSR count). The standard InChI is InChI=1S/C24H15BrCl2F3N3O2S/c25-16-5-1-14(2-6-16)20-12-31-22(33-23(20)19-10-7-17(26)11-21(19)27)13-32-36(34,35)18-8-3-15(4-9-18)24(28,29)30/h1-12,32H,13H2. The molecule has 0 aliphatic heterocycles. The predicted molar refractivity (Wildman–Crippen MR) is 136 cm³/mol. The van der Waals surface area contributed by atoms with E-state index < -0.39 is 21.8 Å². The van der Waals surface area contributed by atoms with Crippen LogP contribution in [0.25, 0.3) is 22.4 Å². The SMILES string of the molecule is O=S(=O)(NCc1ncc(-c2ccc(Br)cc2)c(-c2ccc(Cl)cc2Cl)n1)c1ccc(C(F)(F)F)cc1. The van der Waals surface area contributed by atoms with Crippen molar-refractivity contribution in [1.82, 2.24) is 14.7 Å². The average molecular weight is 617 g/mol. The van der Waals surface area contributed by atoms with E-state index in [2.05, 4.69) is 30.6 Å². The van der Waals surface area contributed by atoms with Gasteiger partial charge in [-0.25, -0.2) is 23.1 Å². The zero-order valence-corrected chi connectivity index (χ0v) is 21.9. The lowest BCUT2D eigenvalue weighted by Crippen LogP contribution is -2.24. The number of nitrogens with one attached hydrogen (secondary N) is 1. The topological polar surface area (TPSA) is 72.0 Å². The lowest BCUT2D eigenvalue weighted by molar-refractivity contribution is -0.137. The lowest BCUT2D eigenvalue weighted by Gasteiger charge is -2.13. The van der Waals surface area contributed by atoms with Gasteiger partial charge in [0.1, 0.15) is 5.82 Å². The second kappa shape index (κ2) is 10.5. The van der Waals surface area contributed by atoms with Crippen LogP contribution in [0.2, 0.25) is 10.0 Å². The molecule has 36 heavy (non-hydrogen) atoms. The van der Waals surface area contributed by atoms with Crippen molar-refractivity contribution in [3.63, 3.8) is 0 Å². The molecule has 0 amide bonds. The zero-order valence-electron chi connectivity index (χ0n) is 18.0. The minimum atomic E-state index is -4.57. The van der Waals surface area contributed by atoms with Crippen molar-refractivity contribution in [2.24, 2.45) is 0 Å². The van der Waals surface area contributed by atoms with Gasteiger partial charge in [-0.1, -0.05) is 51.3 Å². The van der Waals surface area contributed by atoms with Crippen molar-refractivity contribution < 1.29 is 21.6 Å². The molecule has 0 bridgehead atoms. The third-order valence-corrected chi connectivity index (χ3v) is 7.59. The van der Waals surface area contributed by atoms with Gasteiger partial charge in [-0.05, 0) is 60.2 Å². The number of halogens is 6. The lowest BCUT2D eigenvalue weighted by atomic mass is 10.0. The molecule has 12 heteroatoms. The Balaban J connectivity index is 1.67. The summed E-state index contributed by atoms with van der Waals surface area (Å²) >= 11 is 15.9. The van der Waals surface area contributed by atoms with E-state index in [4.69, 9.17) is 23.2 Å². The number of rotatable bonds is 6. The first kappa shape index (κ1) is 26.6. The van der Waals surface area contributed by atoms with Crippen molar-refractivity contribution in [2.45, 2.75) is 17.6 Å². The first-order chi connectivity index (χ1) is 16.9. The van der Waals surface area contributed by atoms with Crippen molar-refractivity contribution in [1.29, 1.82) is 0 Å². The molecule has 3 aromatic carbocycles. The van der Waals surface area contributed by atoms with E-state index in [9.17, 15) is 21.6 Å². The van der Waals surface area contributed by atoms with Crippen LogP contribution in [0.5, 0.6) is 0 Å². The van der Waals surface area contributed by atoms with Gasteiger partial charge >= 0.3 is 6.18 Å². The molecule has 1 N–H and O–H groups in total. The van der Waals surface area contributed by atoms with Gasteiger partial charge in [-0.15, -0.1) is 0 Å². The molecule has 0 saturated heterocycles. The molecule has 1 heterocycles. The highest BCUT2D eigenvalue weighted by atomic mass is 79.9. The van der Waals surface area contributed by atoms with Crippen LogP contribution in [0.4, 0.5) is 13.2 Å². The average Bonchev–Trinajstić information content (AvgIpc) is 2.83. The quantitative estimate of drug-likeness (QED) is 0.245. The molecule has 0 radical (unpaired) electrons. The second-order valence-corrected chi connectivity index (χ2v) is 11.1. The minimum Gasteiger partial charge on any atom is -0.239 e. The molecule has 0 fully saturated rings. The van der Waals surface area contributed by atoms with Gasteiger partial charge in [0.2, 0.25) is 10.0 Å². The maximum Gasteiger partial charge on any atom is 0.416 e. The fraction of sp³-hybridized carbons (Fsp3) is 0.0833. The molecule has 4 aromatic rings. The van der Waals surface area contributed by atoms with Crippen LogP contribution in [-0.4, -0.2) is 18.4 Å². The van der Waals surface area contributed by atoms with Crippen molar-refractivity contribution in [3.05, 3.63) is 98.8 Å². The first-order valence-electron chi connectivity index (χ1n) is 10.2. The van der Waals surface area contributed by atoms with Crippen LogP contribution in [-0.2, 0) is 22.7 Å². The molecule has 186 valence electrons. The second-order valence-electron chi connectivity index (χ2n) is 7.53. The number of alkyl halides is 3. The van der Waals surface area contributed by atoms with E-state index in [0.29, 0.717) is 39.0 Å². The molecular formula is C24H15BrCl2F3N3O2S. The van der Waals surface area contributed by atoms with E-state index in [-0.39, 0.29) is 17.3 Å². The van der Waals surface area contributed by atoms with Crippen molar-refractivity contribution >= 4 is 49.2 Å². The Morgan fingerprint density at radius 3 is 2.19 bits per heavy atom. The first-order valence-corrected chi connectivity index (χ1v) is 13.2. The number of hydrogen-bond acceptors (Lipinski definition) is 4. The van der Waals surface area contributed by atoms with Gasteiger partial charge in [0.15, 0.2) is 0 Å². The highest BCUT2D eigenvalue weighted by Gasteiger charge is 2.30. The molecule has 5 nitrogen and oxygen atoms in total. The van der Waals surface area contributed by atoms with Crippen LogP contribution in [0.1, 0.15) is 11.4 Å². The Bertz CT molecular complexity index is 1520. The molecule has 0 saturated carbocycles. The van der Waals surface area contributed by atoms with Gasteiger partial charge in [0.05, 0.1) is 27.7 Å². The predicted octanol–water partition coefficient (Wildman–Crippen LogP) is 7.38. The molecule has 0 aliphatic rings. The van der Waals surface area contributed by atoms with Crippen LogP contribution >= 0.6 is 39.1 Å². The van der Waals surface area contributed by atoms with Crippen molar-refractivity contribution in [3.8, 4) is 22.4 Å². The third kappa shape index (κ3) is 6.07. The summed E-state index contributed by atoms with van der Waals surface area (Å²) in [5.41, 5.74) is 1.53. The van der Waals surface area contributed by atoms with Crippen LogP contribution in [0.3, 0.4) is 0 Å². The number of hydrogen-bond donors (Lipinski definition) is 1. The van der Waals surface area contributed by atoms with Gasteiger partial charge in [-0.2, -0.15) is 13.2 Å². The van der Waals surface area contributed by atoms with Crippen LogP contribution in [0, 0.1) is 0 Å². The van der Waals surface area contributed by atoms with E-state index in [1.54, 1.807) is 24.4 Å². The largest absolute Gasteiger partial charge is 0.416 e. The van der Waals surface area contributed by atoms with Gasteiger partial charge in [0, 0.05) is 26.8 Å². The Hall–Kier alpha value is -2.50. The number of nitrogens with zero attached hydrogens (tertiary/aromatic N) is 2. The Labute approximate surface area is 223 Å². The molecule has 0 unspecified atom stereocenters. The zero-order chi connectivity index (χ0) is 26.1. The van der Waals surface area contributed by atoms with E-state index >= 15 is 0 Å². The molecule has 1 aromatic heterocycles.